The number of benzene rings is 2. The summed E-state index contributed by atoms with van der Waals surface area (Å²) in [6, 6.07) is 12.9. The Labute approximate surface area is 152 Å². The summed E-state index contributed by atoms with van der Waals surface area (Å²) < 4.78 is 8.91. The Bertz CT molecular complexity index is 823. The first-order chi connectivity index (χ1) is 12.1. The molecule has 0 aromatic heterocycles. The van der Waals surface area contributed by atoms with Gasteiger partial charge in [-0.3, -0.25) is 9.52 Å². The van der Waals surface area contributed by atoms with Crippen molar-refractivity contribution in [1.29, 1.82) is 0 Å². The minimum Gasteiger partial charge on any atom is -0.490 e. The highest BCUT2D eigenvalue weighted by Crippen LogP contribution is 2.45. The van der Waals surface area contributed by atoms with Crippen LogP contribution in [0.5, 0.6) is 5.75 Å². The van der Waals surface area contributed by atoms with E-state index >= 15 is 0 Å². The molecule has 0 saturated carbocycles. The van der Waals surface area contributed by atoms with E-state index < -0.39 is 0 Å². The summed E-state index contributed by atoms with van der Waals surface area (Å²) in [6.45, 7) is 3.80. The van der Waals surface area contributed by atoms with Gasteiger partial charge in [-0.1, -0.05) is 23.8 Å². The molecular formula is C20H22N2O2S. The van der Waals surface area contributed by atoms with E-state index in [2.05, 4.69) is 47.9 Å². The maximum Gasteiger partial charge on any atom is 0.217 e. The zero-order valence-corrected chi connectivity index (χ0v) is 15.4. The quantitative estimate of drug-likeness (QED) is 0.677. The van der Waals surface area contributed by atoms with Crippen molar-refractivity contribution in [3.05, 3.63) is 53.1 Å². The molecule has 5 heteroatoms. The van der Waals surface area contributed by atoms with E-state index in [0.29, 0.717) is 13.0 Å². The van der Waals surface area contributed by atoms with Crippen molar-refractivity contribution < 1.29 is 9.53 Å². The SMILES string of the molecule is Cc1ccc2c(c1)CCC21COc2ccc(SNC=O)cc2N(C)C1. The highest BCUT2D eigenvalue weighted by Gasteiger charge is 2.42. The average Bonchev–Trinajstić information content (AvgIpc) is 2.88. The number of carbonyl (C=O) groups excluding carboxylic acids is 1. The van der Waals surface area contributed by atoms with Crippen molar-refractivity contribution >= 4 is 24.0 Å². The molecule has 0 bridgehead atoms. The first-order valence-corrected chi connectivity index (χ1v) is 9.37. The Morgan fingerprint density at radius 1 is 1.28 bits per heavy atom. The molecule has 1 atom stereocenters. The van der Waals surface area contributed by atoms with E-state index in [-0.39, 0.29) is 5.41 Å². The van der Waals surface area contributed by atoms with Gasteiger partial charge in [-0.25, -0.2) is 0 Å². The van der Waals surface area contributed by atoms with Crippen molar-refractivity contribution in [2.24, 2.45) is 0 Å². The number of fused-ring (bicyclic) bond motifs is 3. The van der Waals surface area contributed by atoms with Gasteiger partial charge >= 0.3 is 0 Å². The summed E-state index contributed by atoms with van der Waals surface area (Å²) >= 11 is 1.32. The molecule has 4 nitrogen and oxygen atoms in total. The van der Waals surface area contributed by atoms with Crippen LogP contribution in [0.15, 0.2) is 41.3 Å². The predicted molar refractivity (Wildman–Crippen MR) is 101 cm³/mol. The molecule has 1 N–H and O–H groups in total. The van der Waals surface area contributed by atoms with Gasteiger partial charge in [0, 0.05) is 23.9 Å². The monoisotopic (exact) mass is 354 g/mol. The smallest absolute Gasteiger partial charge is 0.217 e. The van der Waals surface area contributed by atoms with Crippen molar-refractivity contribution in [2.75, 3.05) is 25.1 Å². The normalized spacial score (nSPS) is 21.3. The Kier molecular flexibility index (Phi) is 4.12. The third kappa shape index (κ3) is 2.86. The van der Waals surface area contributed by atoms with Crippen molar-refractivity contribution in [3.8, 4) is 5.75 Å². The van der Waals surface area contributed by atoms with Gasteiger partial charge in [0.1, 0.15) is 5.75 Å². The van der Waals surface area contributed by atoms with Crippen LogP contribution in [-0.2, 0) is 16.6 Å². The molecule has 1 amide bonds. The summed E-state index contributed by atoms with van der Waals surface area (Å²) in [5.41, 5.74) is 5.36. The number of anilines is 1. The molecule has 1 heterocycles. The van der Waals surface area contributed by atoms with Gasteiger partial charge in [-0.05, 0) is 61.0 Å². The highest BCUT2D eigenvalue weighted by atomic mass is 32.2. The fraction of sp³-hybridized carbons (Fsp3) is 0.350. The molecule has 1 aliphatic heterocycles. The summed E-state index contributed by atoms with van der Waals surface area (Å²) in [6.07, 6.45) is 2.94. The largest absolute Gasteiger partial charge is 0.490 e. The number of amides is 1. The lowest BCUT2D eigenvalue weighted by Gasteiger charge is -2.32. The van der Waals surface area contributed by atoms with Crippen LogP contribution in [0.25, 0.3) is 0 Å². The van der Waals surface area contributed by atoms with E-state index in [1.54, 1.807) is 0 Å². The molecule has 2 aromatic rings. The fourth-order valence-electron chi connectivity index (χ4n) is 4.14. The zero-order chi connectivity index (χ0) is 17.4. The van der Waals surface area contributed by atoms with Gasteiger partial charge in [-0.15, -0.1) is 0 Å². The number of rotatable bonds is 3. The van der Waals surface area contributed by atoms with Crippen LogP contribution in [-0.4, -0.2) is 26.6 Å². The number of carbonyl (C=O) groups is 1. The molecule has 2 aliphatic rings. The van der Waals surface area contributed by atoms with Crippen LogP contribution < -0.4 is 14.4 Å². The number of aryl methyl sites for hydroxylation is 2. The van der Waals surface area contributed by atoms with Crippen molar-refractivity contribution in [3.63, 3.8) is 0 Å². The first-order valence-electron chi connectivity index (χ1n) is 8.55. The number of nitrogens with zero attached hydrogens (tertiary/aromatic N) is 1. The van der Waals surface area contributed by atoms with E-state index in [1.807, 2.05) is 12.1 Å². The van der Waals surface area contributed by atoms with Crippen LogP contribution in [0, 0.1) is 6.92 Å². The molecule has 1 aliphatic carbocycles. The molecule has 4 rings (SSSR count). The fourth-order valence-corrected chi connectivity index (χ4v) is 4.63. The van der Waals surface area contributed by atoms with Crippen LogP contribution in [0.3, 0.4) is 0 Å². The van der Waals surface area contributed by atoms with Gasteiger partial charge in [0.2, 0.25) is 6.41 Å². The average molecular weight is 354 g/mol. The lowest BCUT2D eigenvalue weighted by atomic mass is 9.82. The van der Waals surface area contributed by atoms with Gasteiger partial charge in [0.25, 0.3) is 0 Å². The lowest BCUT2D eigenvalue weighted by Crippen LogP contribution is -2.40. The second kappa shape index (κ2) is 6.30. The number of nitrogens with one attached hydrogen (secondary N) is 1. The summed E-state index contributed by atoms with van der Waals surface area (Å²) in [4.78, 5) is 13.8. The zero-order valence-electron chi connectivity index (χ0n) is 14.5. The molecule has 1 unspecified atom stereocenters. The number of likely N-dealkylation sites (N-methyl/N-ethyl adjacent to an activating group) is 1. The number of hydrogen-bond donors (Lipinski definition) is 1. The van der Waals surface area contributed by atoms with E-state index in [0.717, 1.165) is 35.7 Å². The molecule has 25 heavy (non-hydrogen) atoms. The molecule has 2 aromatic carbocycles. The van der Waals surface area contributed by atoms with Gasteiger partial charge in [0.15, 0.2) is 0 Å². The van der Waals surface area contributed by atoms with Gasteiger partial charge < -0.3 is 9.64 Å². The Morgan fingerprint density at radius 3 is 3.00 bits per heavy atom. The van der Waals surface area contributed by atoms with Crippen LogP contribution in [0.1, 0.15) is 23.1 Å². The Morgan fingerprint density at radius 2 is 2.16 bits per heavy atom. The van der Waals surface area contributed by atoms with Crippen LogP contribution >= 0.6 is 11.9 Å². The minimum atomic E-state index is 0.0468. The van der Waals surface area contributed by atoms with E-state index in [9.17, 15) is 4.79 Å². The maximum atomic E-state index is 10.5. The van der Waals surface area contributed by atoms with Gasteiger partial charge in [-0.2, -0.15) is 0 Å². The summed E-state index contributed by atoms with van der Waals surface area (Å²) in [5.74, 6) is 0.912. The molecule has 0 fully saturated rings. The standard InChI is InChI=1S/C20H22N2O2S/c1-14-3-5-17-15(9-14)7-8-20(17)11-22(2)18-10-16(25-21-13-23)4-6-19(18)24-12-20/h3-6,9-10,13H,7-8,11-12H2,1-2H3,(H,21,23). The third-order valence-corrected chi connectivity index (χ3v) is 6.02. The van der Waals surface area contributed by atoms with Crippen molar-refractivity contribution in [2.45, 2.75) is 30.1 Å². The second-order valence-electron chi connectivity index (χ2n) is 7.05. The molecular weight excluding hydrogens is 332 g/mol. The maximum absolute atomic E-state index is 10.5. The summed E-state index contributed by atoms with van der Waals surface area (Å²) in [5, 5.41) is 0. The van der Waals surface area contributed by atoms with Crippen molar-refractivity contribution in [1.82, 2.24) is 4.72 Å². The predicted octanol–water partition coefficient (Wildman–Crippen LogP) is 3.46. The van der Waals surface area contributed by atoms with Crippen LogP contribution in [0.4, 0.5) is 5.69 Å². The van der Waals surface area contributed by atoms with Crippen LogP contribution in [0.2, 0.25) is 0 Å². The number of hydrogen-bond acceptors (Lipinski definition) is 4. The van der Waals surface area contributed by atoms with E-state index in [1.165, 1.54) is 28.6 Å². The Balaban J connectivity index is 1.66. The first kappa shape index (κ1) is 16.3. The molecule has 0 radical (unpaired) electrons. The molecule has 0 saturated heterocycles. The molecule has 130 valence electrons. The highest BCUT2D eigenvalue weighted by molar-refractivity contribution is 7.97. The van der Waals surface area contributed by atoms with E-state index in [4.69, 9.17) is 4.74 Å². The Hall–Kier alpha value is -2.14. The number of ether oxygens (including phenoxy) is 1. The summed E-state index contributed by atoms with van der Waals surface area (Å²) in [7, 11) is 2.13. The minimum absolute atomic E-state index is 0.0468. The van der Waals surface area contributed by atoms with Gasteiger partial charge in [0.05, 0.1) is 12.3 Å². The molecule has 1 spiro atoms. The topological polar surface area (TPSA) is 41.6 Å². The third-order valence-electron chi connectivity index (χ3n) is 5.32. The lowest BCUT2D eigenvalue weighted by molar-refractivity contribution is -0.107. The second-order valence-corrected chi connectivity index (χ2v) is 7.96.